The van der Waals surface area contributed by atoms with Crippen LogP contribution in [0.2, 0.25) is 0 Å². The van der Waals surface area contributed by atoms with E-state index < -0.39 is 0 Å². The van der Waals surface area contributed by atoms with Gasteiger partial charge in [0.15, 0.2) is 0 Å². The molecule has 0 spiro atoms. The molecule has 1 rings (SSSR count). The molecule has 1 amide bonds. The summed E-state index contributed by atoms with van der Waals surface area (Å²) in [6.07, 6.45) is 1.80. The molecule has 0 aliphatic heterocycles. The highest BCUT2D eigenvalue weighted by Gasteiger charge is 2.03. The van der Waals surface area contributed by atoms with Crippen LogP contribution in [0.4, 0.5) is 5.69 Å². The average molecular weight is 203 g/mol. The Hall–Kier alpha value is -1.57. The average Bonchev–Trinajstić information content (AvgIpc) is 2.22. The fourth-order valence-corrected chi connectivity index (χ4v) is 1.18. The van der Waals surface area contributed by atoms with Gasteiger partial charge >= 0.3 is 0 Å². The second-order valence-corrected chi connectivity index (χ2v) is 3.72. The molecule has 0 bridgehead atoms. The Morgan fingerprint density at radius 2 is 1.93 bits per heavy atom. The first-order valence-electron chi connectivity index (χ1n) is 5.06. The van der Waals surface area contributed by atoms with Gasteiger partial charge in [0.25, 0.3) is 5.91 Å². The van der Waals surface area contributed by atoms with Crippen molar-refractivity contribution in [2.75, 3.05) is 5.32 Å². The van der Waals surface area contributed by atoms with E-state index in [4.69, 9.17) is 0 Å². The monoisotopic (exact) mass is 203 g/mol. The van der Waals surface area contributed by atoms with Crippen molar-refractivity contribution < 1.29 is 4.79 Å². The molecule has 2 nitrogen and oxygen atoms in total. The minimum absolute atomic E-state index is 0.0410. The fraction of sp³-hybridized carbons (Fsp3) is 0.308. The number of anilines is 1. The van der Waals surface area contributed by atoms with Crippen LogP contribution in [0.1, 0.15) is 25.0 Å². The molecule has 1 aromatic carbocycles. The molecule has 0 aliphatic rings. The summed E-state index contributed by atoms with van der Waals surface area (Å²) in [7, 11) is 0. The molecule has 0 saturated carbocycles. The third-order valence-electron chi connectivity index (χ3n) is 2.56. The van der Waals surface area contributed by atoms with Crippen molar-refractivity contribution in [3.05, 3.63) is 41.0 Å². The SMILES string of the molecule is CC=C(C)C(=O)Nc1ccc(C)c(C)c1. The topological polar surface area (TPSA) is 29.1 Å². The van der Waals surface area contributed by atoms with Gasteiger partial charge in [0.2, 0.25) is 0 Å². The van der Waals surface area contributed by atoms with E-state index in [-0.39, 0.29) is 5.91 Å². The van der Waals surface area contributed by atoms with E-state index in [0.717, 1.165) is 11.3 Å². The van der Waals surface area contributed by atoms with Gasteiger partial charge in [-0.2, -0.15) is 0 Å². The predicted molar refractivity (Wildman–Crippen MR) is 64.0 cm³/mol. The number of rotatable bonds is 2. The summed E-state index contributed by atoms with van der Waals surface area (Å²) in [5.74, 6) is -0.0410. The summed E-state index contributed by atoms with van der Waals surface area (Å²) in [6, 6.07) is 5.91. The number of nitrogens with one attached hydrogen (secondary N) is 1. The summed E-state index contributed by atoms with van der Waals surface area (Å²) in [5, 5.41) is 2.85. The lowest BCUT2D eigenvalue weighted by atomic mass is 10.1. The molecule has 0 heterocycles. The number of hydrogen-bond donors (Lipinski definition) is 1. The van der Waals surface area contributed by atoms with Gasteiger partial charge in [0.1, 0.15) is 0 Å². The predicted octanol–water partition coefficient (Wildman–Crippen LogP) is 3.21. The van der Waals surface area contributed by atoms with Crippen LogP contribution in [0.15, 0.2) is 29.8 Å². The Bertz CT molecular complexity index is 405. The first-order chi connectivity index (χ1) is 7.04. The fourth-order valence-electron chi connectivity index (χ4n) is 1.18. The van der Waals surface area contributed by atoms with Gasteiger partial charge in [-0.1, -0.05) is 12.1 Å². The molecule has 0 radical (unpaired) electrons. The van der Waals surface area contributed by atoms with Crippen molar-refractivity contribution >= 4 is 11.6 Å². The van der Waals surface area contributed by atoms with Crippen LogP contribution >= 0.6 is 0 Å². The molecule has 0 fully saturated rings. The van der Waals surface area contributed by atoms with E-state index in [1.807, 2.05) is 32.0 Å². The molecular weight excluding hydrogens is 186 g/mol. The zero-order valence-corrected chi connectivity index (χ0v) is 9.72. The number of amides is 1. The van der Waals surface area contributed by atoms with Gasteiger partial charge in [-0.15, -0.1) is 0 Å². The van der Waals surface area contributed by atoms with Crippen LogP contribution in [0.25, 0.3) is 0 Å². The molecule has 1 aromatic rings. The van der Waals surface area contributed by atoms with Gasteiger partial charge in [0.05, 0.1) is 0 Å². The molecule has 0 aromatic heterocycles. The van der Waals surface area contributed by atoms with Crippen molar-refractivity contribution in [3.8, 4) is 0 Å². The minimum Gasteiger partial charge on any atom is -0.322 e. The summed E-state index contributed by atoms with van der Waals surface area (Å²) < 4.78 is 0. The zero-order chi connectivity index (χ0) is 11.4. The summed E-state index contributed by atoms with van der Waals surface area (Å²) in [4.78, 5) is 11.6. The molecule has 1 N–H and O–H groups in total. The molecule has 0 saturated heterocycles. The van der Waals surface area contributed by atoms with Crippen molar-refractivity contribution in [2.24, 2.45) is 0 Å². The van der Waals surface area contributed by atoms with Crippen LogP contribution in [-0.2, 0) is 4.79 Å². The highest BCUT2D eigenvalue weighted by atomic mass is 16.1. The molecule has 15 heavy (non-hydrogen) atoms. The molecular formula is C13H17NO. The van der Waals surface area contributed by atoms with E-state index in [1.165, 1.54) is 11.1 Å². The van der Waals surface area contributed by atoms with Gasteiger partial charge in [0, 0.05) is 11.3 Å². The van der Waals surface area contributed by atoms with Crippen LogP contribution in [-0.4, -0.2) is 5.91 Å². The summed E-state index contributed by atoms with van der Waals surface area (Å²) in [6.45, 7) is 7.75. The lowest BCUT2D eigenvalue weighted by Gasteiger charge is -2.07. The van der Waals surface area contributed by atoms with Crippen LogP contribution in [0, 0.1) is 13.8 Å². The Morgan fingerprint density at radius 1 is 1.27 bits per heavy atom. The second kappa shape index (κ2) is 4.78. The second-order valence-electron chi connectivity index (χ2n) is 3.72. The van der Waals surface area contributed by atoms with E-state index in [1.54, 1.807) is 13.0 Å². The molecule has 80 valence electrons. The van der Waals surface area contributed by atoms with E-state index in [2.05, 4.69) is 12.2 Å². The van der Waals surface area contributed by atoms with Gasteiger partial charge in [-0.05, 0) is 51.0 Å². The van der Waals surface area contributed by atoms with Crippen molar-refractivity contribution in [1.29, 1.82) is 0 Å². The van der Waals surface area contributed by atoms with E-state index in [0.29, 0.717) is 0 Å². The highest BCUT2D eigenvalue weighted by Crippen LogP contribution is 2.14. The molecule has 2 heteroatoms. The number of allylic oxidation sites excluding steroid dienone is 1. The number of hydrogen-bond acceptors (Lipinski definition) is 1. The van der Waals surface area contributed by atoms with Crippen molar-refractivity contribution in [1.82, 2.24) is 0 Å². The lowest BCUT2D eigenvalue weighted by Crippen LogP contribution is -2.12. The first kappa shape index (κ1) is 11.5. The smallest absolute Gasteiger partial charge is 0.250 e. The summed E-state index contributed by atoms with van der Waals surface area (Å²) in [5.41, 5.74) is 4.00. The van der Waals surface area contributed by atoms with Gasteiger partial charge < -0.3 is 5.32 Å². The third-order valence-corrected chi connectivity index (χ3v) is 2.56. The maximum absolute atomic E-state index is 11.6. The van der Waals surface area contributed by atoms with E-state index >= 15 is 0 Å². The van der Waals surface area contributed by atoms with Crippen molar-refractivity contribution in [3.63, 3.8) is 0 Å². The number of carbonyl (C=O) groups is 1. The number of carbonyl (C=O) groups excluding carboxylic acids is 1. The normalized spacial score (nSPS) is 11.3. The van der Waals surface area contributed by atoms with Gasteiger partial charge in [-0.25, -0.2) is 0 Å². The van der Waals surface area contributed by atoms with Gasteiger partial charge in [-0.3, -0.25) is 4.79 Å². The highest BCUT2D eigenvalue weighted by molar-refractivity contribution is 6.03. The Labute approximate surface area is 91.0 Å². The quantitative estimate of drug-likeness (QED) is 0.735. The Kier molecular flexibility index (Phi) is 3.67. The Balaban J connectivity index is 2.82. The van der Waals surface area contributed by atoms with Crippen LogP contribution < -0.4 is 5.32 Å². The maximum atomic E-state index is 11.6. The Morgan fingerprint density at radius 3 is 2.47 bits per heavy atom. The van der Waals surface area contributed by atoms with E-state index in [9.17, 15) is 4.79 Å². The minimum atomic E-state index is -0.0410. The third kappa shape index (κ3) is 2.94. The van der Waals surface area contributed by atoms with Crippen LogP contribution in [0.3, 0.4) is 0 Å². The number of aryl methyl sites for hydroxylation is 2. The number of benzene rings is 1. The largest absolute Gasteiger partial charge is 0.322 e. The zero-order valence-electron chi connectivity index (χ0n) is 9.72. The standard InChI is InChI=1S/C13H17NO/c1-5-9(2)13(15)14-12-7-6-10(3)11(4)8-12/h5-8H,1-4H3,(H,14,15). The lowest BCUT2D eigenvalue weighted by molar-refractivity contribution is -0.112. The molecule has 0 unspecified atom stereocenters. The molecule has 0 atom stereocenters. The molecule has 0 aliphatic carbocycles. The maximum Gasteiger partial charge on any atom is 0.250 e. The van der Waals surface area contributed by atoms with Crippen LogP contribution in [0.5, 0.6) is 0 Å². The first-order valence-corrected chi connectivity index (χ1v) is 5.06. The summed E-state index contributed by atoms with van der Waals surface area (Å²) >= 11 is 0. The van der Waals surface area contributed by atoms with Crippen molar-refractivity contribution in [2.45, 2.75) is 27.7 Å².